The van der Waals surface area contributed by atoms with Crippen LogP contribution >= 0.6 is 0 Å². The fourth-order valence-electron chi connectivity index (χ4n) is 2.73. The zero-order chi connectivity index (χ0) is 13.4. The second kappa shape index (κ2) is 8.92. The van der Waals surface area contributed by atoms with E-state index in [1.807, 2.05) is 0 Å². The zero-order valence-electron chi connectivity index (χ0n) is 13.0. The highest BCUT2D eigenvalue weighted by Crippen LogP contribution is 2.20. The molecule has 108 valence electrons. The number of likely N-dealkylation sites (tertiary alicyclic amines) is 1. The Labute approximate surface area is 114 Å². The fourth-order valence-corrected chi connectivity index (χ4v) is 2.73. The van der Waals surface area contributed by atoms with E-state index in [-0.39, 0.29) is 0 Å². The number of nitrogens with zero attached hydrogens (tertiary/aromatic N) is 1. The SMILES string of the molecule is CC(C)C1CCCOC1.CC(C)N1CCCCC1. The van der Waals surface area contributed by atoms with E-state index in [4.69, 9.17) is 4.74 Å². The minimum absolute atomic E-state index is 0.769. The van der Waals surface area contributed by atoms with E-state index in [0.717, 1.165) is 31.1 Å². The van der Waals surface area contributed by atoms with E-state index in [1.54, 1.807) is 0 Å². The van der Waals surface area contributed by atoms with Gasteiger partial charge in [-0.2, -0.15) is 0 Å². The van der Waals surface area contributed by atoms with Gasteiger partial charge in [-0.3, -0.25) is 0 Å². The highest BCUT2D eigenvalue weighted by molar-refractivity contribution is 4.67. The van der Waals surface area contributed by atoms with Crippen molar-refractivity contribution in [2.24, 2.45) is 11.8 Å². The van der Waals surface area contributed by atoms with Gasteiger partial charge in [0.2, 0.25) is 0 Å². The van der Waals surface area contributed by atoms with Crippen molar-refractivity contribution in [1.29, 1.82) is 0 Å². The van der Waals surface area contributed by atoms with Crippen LogP contribution in [0, 0.1) is 11.8 Å². The van der Waals surface area contributed by atoms with Crippen LogP contribution in [0.15, 0.2) is 0 Å². The molecule has 0 bridgehead atoms. The average Bonchev–Trinajstić information content (AvgIpc) is 2.41. The molecule has 0 radical (unpaired) electrons. The lowest BCUT2D eigenvalue weighted by Gasteiger charge is -2.29. The highest BCUT2D eigenvalue weighted by Gasteiger charge is 2.16. The summed E-state index contributed by atoms with van der Waals surface area (Å²) in [5.74, 6) is 1.64. The quantitative estimate of drug-likeness (QED) is 0.741. The van der Waals surface area contributed by atoms with Gasteiger partial charge in [0.15, 0.2) is 0 Å². The van der Waals surface area contributed by atoms with Crippen molar-refractivity contribution < 1.29 is 4.74 Å². The Morgan fingerprint density at radius 3 is 1.94 bits per heavy atom. The molecule has 0 aromatic heterocycles. The summed E-state index contributed by atoms with van der Waals surface area (Å²) in [6.07, 6.45) is 6.92. The topological polar surface area (TPSA) is 12.5 Å². The van der Waals surface area contributed by atoms with Gasteiger partial charge in [0.1, 0.15) is 0 Å². The Morgan fingerprint density at radius 1 is 0.944 bits per heavy atom. The van der Waals surface area contributed by atoms with Crippen molar-refractivity contribution in [1.82, 2.24) is 4.90 Å². The first-order chi connectivity index (χ1) is 8.61. The maximum absolute atomic E-state index is 5.34. The average molecular weight is 255 g/mol. The predicted octanol–water partition coefficient (Wildman–Crippen LogP) is 3.95. The van der Waals surface area contributed by atoms with Crippen molar-refractivity contribution in [3.8, 4) is 0 Å². The van der Waals surface area contributed by atoms with Crippen LogP contribution in [0.1, 0.15) is 59.8 Å². The molecule has 2 heteroatoms. The number of hydrogen-bond donors (Lipinski definition) is 0. The minimum atomic E-state index is 0.769. The van der Waals surface area contributed by atoms with Crippen LogP contribution < -0.4 is 0 Å². The molecule has 2 nitrogen and oxygen atoms in total. The number of ether oxygens (including phenoxy) is 1. The van der Waals surface area contributed by atoms with Crippen LogP contribution in [0.5, 0.6) is 0 Å². The molecule has 2 rings (SSSR count). The summed E-state index contributed by atoms with van der Waals surface area (Å²) in [4.78, 5) is 2.56. The molecule has 0 aromatic rings. The van der Waals surface area contributed by atoms with Gasteiger partial charge >= 0.3 is 0 Å². The lowest BCUT2D eigenvalue weighted by atomic mass is 9.91. The summed E-state index contributed by atoms with van der Waals surface area (Å²) >= 11 is 0. The van der Waals surface area contributed by atoms with Gasteiger partial charge in [-0.25, -0.2) is 0 Å². The summed E-state index contributed by atoms with van der Waals surface area (Å²) in [6.45, 7) is 13.8. The maximum atomic E-state index is 5.34. The van der Waals surface area contributed by atoms with Crippen LogP contribution in [0.4, 0.5) is 0 Å². The van der Waals surface area contributed by atoms with Crippen molar-refractivity contribution in [2.45, 2.75) is 65.8 Å². The highest BCUT2D eigenvalue weighted by atomic mass is 16.5. The Morgan fingerprint density at radius 2 is 1.61 bits per heavy atom. The Kier molecular flexibility index (Phi) is 7.92. The largest absolute Gasteiger partial charge is 0.381 e. The number of piperidine rings is 1. The third-order valence-electron chi connectivity index (χ3n) is 4.26. The maximum Gasteiger partial charge on any atom is 0.0496 e. The lowest BCUT2D eigenvalue weighted by Crippen LogP contribution is -2.35. The molecule has 2 fully saturated rings. The number of hydrogen-bond acceptors (Lipinski definition) is 2. The van der Waals surface area contributed by atoms with Crippen molar-refractivity contribution in [2.75, 3.05) is 26.3 Å². The molecule has 2 heterocycles. The summed E-state index contributed by atoms with van der Waals surface area (Å²) in [5.41, 5.74) is 0. The first-order valence-electron chi connectivity index (χ1n) is 7.93. The summed E-state index contributed by atoms with van der Waals surface area (Å²) in [6, 6.07) is 0.769. The normalized spacial score (nSPS) is 26.0. The molecule has 0 amide bonds. The van der Waals surface area contributed by atoms with Gasteiger partial charge in [-0.15, -0.1) is 0 Å². The molecule has 1 atom stereocenters. The monoisotopic (exact) mass is 255 g/mol. The lowest BCUT2D eigenvalue weighted by molar-refractivity contribution is 0.0373. The van der Waals surface area contributed by atoms with Gasteiger partial charge < -0.3 is 9.64 Å². The molecule has 2 aliphatic heterocycles. The molecular formula is C16H33NO. The molecule has 2 aliphatic rings. The van der Waals surface area contributed by atoms with Crippen LogP contribution in [-0.4, -0.2) is 37.2 Å². The van der Waals surface area contributed by atoms with Crippen LogP contribution in [0.3, 0.4) is 0 Å². The van der Waals surface area contributed by atoms with E-state index < -0.39 is 0 Å². The third kappa shape index (κ3) is 6.19. The Bertz CT molecular complexity index is 169. The van der Waals surface area contributed by atoms with E-state index in [2.05, 4.69) is 32.6 Å². The molecule has 2 saturated heterocycles. The predicted molar refractivity (Wildman–Crippen MR) is 78.9 cm³/mol. The minimum Gasteiger partial charge on any atom is -0.381 e. The Hall–Kier alpha value is -0.0800. The van der Waals surface area contributed by atoms with E-state index >= 15 is 0 Å². The molecule has 18 heavy (non-hydrogen) atoms. The first-order valence-corrected chi connectivity index (χ1v) is 7.93. The van der Waals surface area contributed by atoms with Gasteiger partial charge in [0, 0.05) is 19.3 Å². The van der Waals surface area contributed by atoms with Crippen LogP contribution in [0.25, 0.3) is 0 Å². The molecule has 0 saturated carbocycles. The van der Waals surface area contributed by atoms with Crippen LogP contribution in [0.2, 0.25) is 0 Å². The van der Waals surface area contributed by atoms with Gasteiger partial charge in [-0.05, 0) is 64.5 Å². The summed E-state index contributed by atoms with van der Waals surface area (Å²) < 4.78 is 5.34. The molecule has 0 spiro atoms. The standard InChI is InChI=1S/C8H17N.C8H16O/c1-8(2)9-6-4-3-5-7-9;1-7(2)8-4-3-5-9-6-8/h8H,3-7H2,1-2H3;7-8H,3-6H2,1-2H3. The van der Waals surface area contributed by atoms with Gasteiger partial charge in [-0.1, -0.05) is 20.3 Å². The Balaban J connectivity index is 0.000000180. The first kappa shape index (κ1) is 16.0. The second-order valence-corrected chi connectivity index (χ2v) is 6.41. The number of rotatable bonds is 2. The van der Waals surface area contributed by atoms with Crippen molar-refractivity contribution in [3.05, 3.63) is 0 Å². The summed E-state index contributed by atoms with van der Waals surface area (Å²) in [7, 11) is 0. The van der Waals surface area contributed by atoms with E-state index in [9.17, 15) is 0 Å². The van der Waals surface area contributed by atoms with Gasteiger partial charge in [0.05, 0.1) is 0 Å². The van der Waals surface area contributed by atoms with Gasteiger partial charge in [0.25, 0.3) is 0 Å². The molecular weight excluding hydrogens is 222 g/mol. The molecule has 0 aromatic carbocycles. The fraction of sp³-hybridized carbons (Fsp3) is 1.00. The molecule has 0 N–H and O–H groups in total. The zero-order valence-corrected chi connectivity index (χ0v) is 13.0. The smallest absolute Gasteiger partial charge is 0.0496 e. The third-order valence-corrected chi connectivity index (χ3v) is 4.26. The second-order valence-electron chi connectivity index (χ2n) is 6.41. The summed E-state index contributed by atoms with van der Waals surface area (Å²) in [5, 5.41) is 0. The van der Waals surface area contributed by atoms with Crippen molar-refractivity contribution >= 4 is 0 Å². The molecule has 1 unspecified atom stereocenters. The van der Waals surface area contributed by atoms with E-state index in [1.165, 1.54) is 45.2 Å². The van der Waals surface area contributed by atoms with Crippen molar-refractivity contribution in [3.63, 3.8) is 0 Å². The van der Waals surface area contributed by atoms with E-state index in [0.29, 0.717) is 0 Å². The van der Waals surface area contributed by atoms with Crippen LogP contribution in [-0.2, 0) is 4.74 Å². The molecule has 0 aliphatic carbocycles.